The molecule has 0 aromatic rings. The van der Waals surface area contributed by atoms with E-state index in [0.29, 0.717) is 31.6 Å². The molecule has 0 unspecified atom stereocenters. The van der Waals surface area contributed by atoms with Gasteiger partial charge in [-0.15, -0.1) is 0 Å². The van der Waals surface area contributed by atoms with Gasteiger partial charge in [0.25, 0.3) is 0 Å². The summed E-state index contributed by atoms with van der Waals surface area (Å²) in [5.74, 6) is 5.81. The number of nitrogens with zero attached hydrogens (tertiary/aromatic N) is 1. The summed E-state index contributed by atoms with van der Waals surface area (Å²) in [6.45, 7) is 0.209. The second-order valence-electron chi connectivity index (χ2n) is 4.75. The largest absolute Gasteiger partial charge is 0.384 e. The van der Waals surface area contributed by atoms with Crippen molar-refractivity contribution in [1.82, 2.24) is 4.90 Å². The van der Waals surface area contributed by atoms with Crippen LogP contribution in [0.5, 0.6) is 0 Å². The lowest BCUT2D eigenvalue weighted by Gasteiger charge is -2.40. The molecule has 1 heterocycles. The van der Waals surface area contributed by atoms with Gasteiger partial charge < -0.3 is 10.0 Å². The van der Waals surface area contributed by atoms with E-state index in [1.807, 2.05) is 4.90 Å². The Balaban J connectivity index is 2.09. The summed E-state index contributed by atoms with van der Waals surface area (Å²) in [5, 5.41) is 8.62. The maximum Gasteiger partial charge on any atom is 0.223 e. The molecule has 1 saturated heterocycles. The third kappa shape index (κ3) is 2.34. The number of Topliss-reactive ketones (excluding diaryl/α,β-unsaturated/α-hetero) is 1. The van der Waals surface area contributed by atoms with Crippen LogP contribution < -0.4 is 0 Å². The van der Waals surface area contributed by atoms with Crippen molar-refractivity contribution in [1.29, 1.82) is 0 Å². The third-order valence-electron chi connectivity index (χ3n) is 3.86. The van der Waals surface area contributed by atoms with E-state index >= 15 is 0 Å². The quantitative estimate of drug-likeness (QED) is 0.673. The number of hydrogen-bond acceptors (Lipinski definition) is 3. The fourth-order valence-electron chi connectivity index (χ4n) is 2.83. The number of ketones is 1. The first-order valence-corrected chi connectivity index (χ1v) is 6.07. The van der Waals surface area contributed by atoms with Crippen LogP contribution in [0.1, 0.15) is 38.5 Å². The zero-order chi connectivity index (χ0) is 12.3. The van der Waals surface area contributed by atoms with E-state index in [1.54, 1.807) is 0 Å². The van der Waals surface area contributed by atoms with Crippen molar-refractivity contribution in [3.8, 4) is 11.8 Å². The van der Waals surface area contributed by atoms with E-state index in [2.05, 4.69) is 11.8 Å². The van der Waals surface area contributed by atoms with Gasteiger partial charge in [0.05, 0.1) is 6.54 Å². The van der Waals surface area contributed by atoms with Gasteiger partial charge in [-0.3, -0.25) is 9.59 Å². The molecule has 4 nitrogen and oxygen atoms in total. The van der Waals surface area contributed by atoms with Crippen molar-refractivity contribution in [2.45, 2.75) is 44.1 Å². The lowest BCUT2D eigenvalue weighted by atomic mass is 9.79. The predicted molar refractivity (Wildman–Crippen MR) is 62.0 cm³/mol. The average molecular weight is 235 g/mol. The topological polar surface area (TPSA) is 57.6 Å². The number of carbonyl (C=O) groups excluding carboxylic acids is 2. The molecule has 1 aliphatic heterocycles. The van der Waals surface area contributed by atoms with Crippen LogP contribution in [0.3, 0.4) is 0 Å². The molecule has 1 amide bonds. The highest BCUT2D eigenvalue weighted by atomic mass is 16.2. The summed E-state index contributed by atoms with van der Waals surface area (Å²) in [5.41, 5.74) is -0.130. The number of carbonyl (C=O) groups is 2. The second-order valence-corrected chi connectivity index (χ2v) is 4.75. The van der Waals surface area contributed by atoms with Crippen LogP contribution in [0, 0.1) is 11.8 Å². The van der Waals surface area contributed by atoms with Gasteiger partial charge in [-0.1, -0.05) is 11.8 Å². The molecule has 0 atom stereocenters. The Bertz CT molecular complexity index is 381. The molecule has 2 fully saturated rings. The highest BCUT2D eigenvalue weighted by Gasteiger charge is 2.46. The predicted octanol–water partition coefficient (Wildman–Crippen LogP) is 0.486. The van der Waals surface area contributed by atoms with Crippen LogP contribution in [0.15, 0.2) is 0 Å². The van der Waals surface area contributed by atoms with Gasteiger partial charge >= 0.3 is 0 Å². The lowest BCUT2D eigenvalue weighted by Crippen LogP contribution is -2.48. The van der Waals surface area contributed by atoms with E-state index in [9.17, 15) is 9.59 Å². The first kappa shape index (κ1) is 12.1. The number of aliphatic hydroxyl groups excluding tert-OH is 1. The minimum Gasteiger partial charge on any atom is -0.384 e. The molecule has 1 spiro atoms. The van der Waals surface area contributed by atoms with Crippen molar-refractivity contribution in [3.63, 3.8) is 0 Å². The summed E-state index contributed by atoms with van der Waals surface area (Å²) in [7, 11) is 0. The highest BCUT2D eigenvalue weighted by molar-refractivity contribution is 5.83. The van der Waals surface area contributed by atoms with Crippen LogP contribution in [-0.2, 0) is 9.59 Å². The molecule has 1 N–H and O–H groups in total. The van der Waals surface area contributed by atoms with Gasteiger partial charge in [-0.2, -0.15) is 0 Å². The Morgan fingerprint density at radius 2 is 1.76 bits per heavy atom. The van der Waals surface area contributed by atoms with Crippen molar-refractivity contribution < 1.29 is 14.7 Å². The normalized spacial score (nSPS) is 22.8. The van der Waals surface area contributed by atoms with Crippen molar-refractivity contribution in [2.24, 2.45) is 0 Å². The summed E-state index contributed by atoms with van der Waals surface area (Å²) >= 11 is 0. The van der Waals surface area contributed by atoms with Gasteiger partial charge in [-0.25, -0.2) is 0 Å². The molecule has 0 bridgehead atoms. The van der Waals surface area contributed by atoms with Gasteiger partial charge in [0, 0.05) is 24.8 Å². The summed E-state index contributed by atoms with van der Waals surface area (Å²) in [4.78, 5) is 24.9. The molecule has 2 aliphatic rings. The smallest absolute Gasteiger partial charge is 0.223 e. The number of amides is 1. The lowest BCUT2D eigenvalue weighted by molar-refractivity contribution is -0.133. The van der Waals surface area contributed by atoms with Gasteiger partial charge in [0.1, 0.15) is 12.4 Å². The first-order chi connectivity index (χ1) is 8.18. The van der Waals surface area contributed by atoms with Gasteiger partial charge in [0.2, 0.25) is 5.91 Å². The minimum absolute atomic E-state index is 0.130. The van der Waals surface area contributed by atoms with Crippen LogP contribution in [0.25, 0.3) is 0 Å². The standard InChI is InChI=1S/C13H17NO3/c15-10-2-1-9-14-12(17)5-8-13(14)6-3-11(16)4-7-13/h15H,3-10H2. The van der Waals surface area contributed by atoms with E-state index in [0.717, 1.165) is 19.3 Å². The molecule has 1 aliphatic carbocycles. The molecule has 1 saturated carbocycles. The molecule has 0 aromatic carbocycles. The molecule has 4 heteroatoms. The zero-order valence-corrected chi connectivity index (χ0v) is 9.87. The number of hydrogen-bond donors (Lipinski definition) is 1. The number of aliphatic hydroxyl groups is 1. The van der Waals surface area contributed by atoms with E-state index in [4.69, 9.17) is 5.11 Å². The monoisotopic (exact) mass is 235 g/mol. The Morgan fingerprint density at radius 1 is 1.12 bits per heavy atom. The van der Waals surface area contributed by atoms with Crippen LogP contribution >= 0.6 is 0 Å². The Kier molecular flexibility index (Phi) is 3.49. The van der Waals surface area contributed by atoms with E-state index in [-0.39, 0.29) is 18.1 Å². The zero-order valence-electron chi connectivity index (χ0n) is 9.87. The Morgan fingerprint density at radius 3 is 2.41 bits per heavy atom. The molecular weight excluding hydrogens is 218 g/mol. The van der Waals surface area contributed by atoms with Crippen molar-refractivity contribution in [2.75, 3.05) is 13.2 Å². The van der Waals surface area contributed by atoms with Crippen LogP contribution in [0.2, 0.25) is 0 Å². The number of rotatable bonds is 1. The second kappa shape index (κ2) is 4.89. The first-order valence-electron chi connectivity index (χ1n) is 6.07. The maximum atomic E-state index is 11.8. The molecular formula is C13H17NO3. The number of likely N-dealkylation sites (tertiary alicyclic amines) is 1. The molecule has 92 valence electrons. The van der Waals surface area contributed by atoms with Crippen LogP contribution in [0.4, 0.5) is 0 Å². The maximum absolute atomic E-state index is 11.8. The van der Waals surface area contributed by atoms with Gasteiger partial charge in [0.15, 0.2) is 0 Å². The molecule has 17 heavy (non-hydrogen) atoms. The van der Waals surface area contributed by atoms with Crippen molar-refractivity contribution in [3.05, 3.63) is 0 Å². The average Bonchev–Trinajstić information content (AvgIpc) is 2.63. The van der Waals surface area contributed by atoms with E-state index < -0.39 is 0 Å². The van der Waals surface area contributed by atoms with Crippen molar-refractivity contribution >= 4 is 11.7 Å². The third-order valence-corrected chi connectivity index (χ3v) is 3.86. The molecule has 2 rings (SSSR count). The minimum atomic E-state index is -0.173. The summed E-state index contributed by atoms with van der Waals surface area (Å²) in [6, 6.07) is 0. The van der Waals surface area contributed by atoms with Crippen LogP contribution in [-0.4, -0.2) is 40.4 Å². The Hall–Kier alpha value is -1.34. The Labute approximate surface area is 101 Å². The van der Waals surface area contributed by atoms with E-state index in [1.165, 1.54) is 0 Å². The molecule has 0 aromatic heterocycles. The highest BCUT2D eigenvalue weighted by Crippen LogP contribution is 2.40. The molecule has 0 radical (unpaired) electrons. The summed E-state index contributed by atoms with van der Waals surface area (Å²) in [6.07, 6.45) is 4.13. The fraction of sp³-hybridized carbons (Fsp3) is 0.692. The summed E-state index contributed by atoms with van der Waals surface area (Å²) < 4.78 is 0. The van der Waals surface area contributed by atoms with Gasteiger partial charge in [-0.05, 0) is 19.3 Å². The fourth-order valence-corrected chi connectivity index (χ4v) is 2.83. The SMILES string of the molecule is O=C1CCC2(CC1)CCC(=O)N2CC#CCO.